The third kappa shape index (κ3) is 1.52. The lowest BCUT2D eigenvalue weighted by molar-refractivity contribution is 0.0543. The van der Waals surface area contributed by atoms with Crippen LogP contribution in [0.4, 0.5) is 0 Å². The Morgan fingerprint density at radius 3 is 2.31 bits per heavy atom. The molecular weight excluding hydrogens is 208 g/mol. The van der Waals surface area contributed by atoms with Gasteiger partial charge in [0.1, 0.15) is 6.61 Å². The smallest absolute Gasteiger partial charge is 0.339 e. The average molecular weight is 220 g/mol. The molecule has 0 unspecified atom stereocenters. The summed E-state index contributed by atoms with van der Waals surface area (Å²) in [5, 5.41) is 0. The highest BCUT2D eigenvalue weighted by Crippen LogP contribution is 2.35. The Morgan fingerprint density at radius 1 is 1.19 bits per heavy atom. The Hall–Kier alpha value is -1.97. The van der Waals surface area contributed by atoms with Gasteiger partial charge in [0.05, 0.1) is 19.8 Å². The van der Waals surface area contributed by atoms with Crippen LogP contribution in [0, 0.1) is 0 Å². The zero-order chi connectivity index (χ0) is 11.7. The topological polar surface area (TPSA) is 44.8 Å². The van der Waals surface area contributed by atoms with Gasteiger partial charge >= 0.3 is 5.97 Å². The Bertz CT molecular complexity index is 419. The molecule has 2 rings (SSSR count). The molecule has 1 aromatic rings. The molecule has 4 nitrogen and oxygen atoms in total. The van der Waals surface area contributed by atoms with E-state index in [2.05, 4.69) is 6.58 Å². The molecule has 0 aliphatic carbocycles. The second-order valence-corrected chi connectivity index (χ2v) is 3.43. The number of benzene rings is 1. The maximum atomic E-state index is 11.5. The van der Waals surface area contributed by atoms with Crippen molar-refractivity contribution in [2.24, 2.45) is 0 Å². The number of cyclic esters (lactones) is 1. The number of hydrogen-bond donors (Lipinski definition) is 0. The molecule has 0 bridgehead atoms. The van der Waals surface area contributed by atoms with Crippen LogP contribution < -0.4 is 9.47 Å². The first-order valence-corrected chi connectivity index (χ1v) is 4.78. The lowest BCUT2D eigenvalue weighted by atomic mass is 9.98. The fourth-order valence-electron chi connectivity index (χ4n) is 1.65. The van der Waals surface area contributed by atoms with Crippen molar-refractivity contribution in [2.75, 3.05) is 20.8 Å². The standard InChI is InChI=1S/C12H12O4/c1-7-6-16-12(13)9-5-11(15-3)10(14-2)4-8(7)9/h4-5H,1,6H2,2-3H3. The normalized spacial score (nSPS) is 14.1. The maximum absolute atomic E-state index is 11.5. The van der Waals surface area contributed by atoms with Crippen LogP contribution in [-0.2, 0) is 4.74 Å². The minimum Gasteiger partial charge on any atom is -0.493 e. The largest absolute Gasteiger partial charge is 0.493 e. The van der Waals surface area contributed by atoms with E-state index in [1.54, 1.807) is 19.2 Å². The number of ether oxygens (including phenoxy) is 3. The molecule has 1 heterocycles. The quantitative estimate of drug-likeness (QED) is 0.714. The van der Waals surface area contributed by atoms with Crippen molar-refractivity contribution >= 4 is 11.5 Å². The summed E-state index contributed by atoms with van der Waals surface area (Å²) in [7, 11) is 3.07. The van der Waals surface area contributed by atoms with Gasteiger partial charge in [0.15, 0.2) is 11.5 Å². The Balaban J connectivity index is 2.62. The molecule has 16 heavy (non-hydrogen) atoms. The van der Waals surface area contributed by atoms with Crippen LogP contribution >= 0.6 is 0 Å². The number of fused-ring (bicyclic) bond motifs is 1. The molecule has 0 spiro atoms. The van der Waals surface area contributed by atoms with Crippen LogP contribution in [0.1, 0.15) is 15.9 Å². The van der Waals surface area contributed by atoms with Gasteiger partial charge in [0.25, 0.3) is 0 Å². The highest BCUT2D eigenvalue weighted by molar-refractivity contribution is 5.99. The minimum atomic E-state index is -0.358. The highest BCUT2D eigenvalue weighted by Gasteiger charge is 2.24. The predicted molar refractivity (Wildman–Crippen MR) is 58.9 cm³/mol. The fourth-order valence-corrected chi connectivity index (χ4v) is 1.65. The van der Waals surface area contributed by atoms with Crippen LogP contribution in [0.3, 0.4) is 0 Å². The van der Waals surface area contributed by atoms with Gasteiger partial charge in [-0.3, -0.25) is 0 Å². The summed E-state index contributed by atoms with van der Waals surface area (Å²) in [4.78, 5) is 11.5. The summed E-state index contributed by atoms with van der Waals surface area (Å²) in [6, 6.07) is 3.36. The summed E-state index contributed by atoms with van der Waals surface area (Å²) in [6.07, 6.45) is 0. The monoisotopic (exact) mass is 220 g/mol. The molecule has 0 saturated carbocycles. The zero-order valence-corrected chi connectivity index (χ0v) is 9.20. The van der Waals surface area contributed by atoms with Gasteiger partial charge < -0.3 is 14.2 Å². The van der Waals surface area contributed by atoms with Crippen LogP contribution in [0.15, 0.2) is 18.7 Å². The zero-order valence-electron chi connectivity index (χ0n) is 9.20. The molecule has 0 fully saturated rings. The first-order chi connectivity index (χ1) is 7.67. The van der Waals surface area contributed by atoms with Crippen molar-refractivity contribution in [3.63, 3.8) is 0 Å². The van der Waals surface area contributed by atoms with Gasteiger partial charge in [-0.05, 0) is 23.3 Å². The summed E-state index contributed by atoms with van der Waals surface area (Å²) in [6.45, 7) is 4.07. The molecule has 0 aromatic heterocycles. The fraction of sp³-hybridized carbons (Fsp3) is 0.250. The summed E-state index contributed by atoms with van der Waals surface area (Å²) in [5.74, 6) is 0.730. The lowest BCUT2D eigenvalue weighted by Gasteiger charge is -2.19. The number of esters is 1. The second-order valence-electron chi connectivity index (χ2n) is 3.43. The molecule has 0 radical (unpaired) electrons. The van der Waals surface area contributed by atoms with Crippen LogP contribution in [0.5, 0.6) is 11.5 Å². The van der Waals surface area contributed by atoms with Crippen molar-refractivity contribution < 1.29 is 19.0 Å². The first kappa shape index (κ1) is 10.5. The third-order valence-electron chi connectivity index (χ3n) is 2.50. The van der Waals surface area contributed by atoms with E-state index in [1.807, 2.05) is 0 Å². The third-order valence-corrected chi connectivity index (χ3v) is 2.50. The molecule has 0 saturated heterocycles. The van der Waals surface area contributed by atoms with Crippen LogP contribution in [-0.4, -0.2) is 26.8 Å². The minimum absolute atomic E-state index is 0.224. The summed E-state index contributed by atoms with van der Waals surface area (Å²) < 4.78 is 15.2. The molecular formula is C12H12O4. The van der Waals surface area contributed by atoms with Gasteiger partial charge in [0.2, 0.25) is 0 Å². The van der Waals surface area contributed by atoms with Crippen molar-refractivity contribution in [3.8, 4) is 11.5 Å². The van der Waals surface area contributed by atoms with E-state index in [4.69, 9.17) is 14.2 Å². The average Bonchev–Trinajstić information content (AvgIpc) is 2.32. The molecule has 1 aliphatic heterocycles. The van der Waals surface area contributed by atoms with E-state index in [-0.39, 0.29) is 12.6 Å². The van der Waals surface area contributed by atoms with Crippen LogP contribution in [0.25, 0.3) is 5.57 Å². The van der Waals surface area contributed by atoms with Gasteiger partial charge in [-0.25, -0.2) is 4.79 Å². The maximum Gasteiger partial charge on any atom is 0.339 e. The molecule has 0 atom stereocenters. The molecule has 84 valence electrons. The molecule has 4 heteroatoms. The summed E-state index contributed by atoms with van der Waals surface area (Å²) >= 11 is 0. The Labute approximate surface area is 93.4 Å². The molecule has 1 aliphatic rings. The Kier molecular flexibility index (Phi) is 2.56. The van der Waals surface area contributed by atoms with E-state index in [9.17, 15) is 4.79 Å². The van der Waals surface area contributed by atoms with Crippen molar-refractivity contribution in [1.82, 2.24) is 0 Å². The van der Waals surface area contributed by atoms with E-state index < -0.39 is 0 Å². The lowest BCUT2D eigenvalue weighted by Crippen LogP contribution is -2.16. The number of methoxy groups -OCH3 is 2. The van der Waals surface area contributed by atoms with E-state index >= 15 is 0 Å². The van der Waals surface area contributed by atoms with Crippen molar-refractivity contribution in [2.45, 2.75) is 0 Å². The van der Waals surface area contributed by atoms with E-state index in [0.717, 1.165) is 11.1 Å². The highest BCUT2D eigenvalue weighted by atomic mass is 16.5. The number of hydrogen-bond acceptors (Lipinski definition) is 4. The van der Waals surface area contributed by atoms with Crippen molar-refractivity contribution in [3.05, 3.63) is 29.8 Å². The number of rotatable bonds is 2. The molecule has 1 aromatic carbocycles. The summed E-state index contributed by atoms with van der Waals surface area (Å²) in [5.41, 5.74) is 1.98. The first-order valence-electron chi connectivity index (χ1n) is 4.78. The van der Waals surface area contributed by atoms with Gasteiger partial charge in [-0.1, -0.05) is 6.58 Å². The van der Waals surface area contributed by atoms with Gasteiger partial charge in [-0.2, -0.15) is 0 Å². The molecule has 0 N–H and O–H groups in total. The Morgan fingerprint density at radius 2 is 1.75 bits per heavy atom. The second kappa shape index (κ2) is 3.89. The van der Waals surface area contributed by atoms with Gasteiger partial charge in [-0.15, -0.1) is 0 Å². The number of carbonyl (C=O) groups excluding carboxylic acids is 1. The van der Waals surface area contributed by atoms with Gasteiger partial charge in [0, 0.05) is 0 Å². The van der Waals surface area contributed by atoms with Crippen molar-refractivity contribution in [1.29, 1.82) is 0 Å². The van der Waals surface area contributed by atoms with E-state index in [0.29, 0.717) is 17.1 Å². The van der Waals surface area contributed by atoms with E-state index in [1.165, 1.54) is 7.11 Å². The molecule has 0 amide bonds. The predicted octanol–water partition coefficient (Wildman–Crippen LogP) is 1.89. The van der Waals surface area contributed by atoms with Crippen LogP contribution in [0.2, 0.25) is 0 Å². The number of carbonyl (C=O) groups is 1. The SMILES string of the molecule is C=C1COC(=O)c2cc(OC)c(OC)cc21.